The molecule has 0 bridgehead atoms. The van der Waals surface area contributed by atoms with Crippen molar-refractivity contribution in [3.8, 4) is 11.1 Å². The molecule has 3 aliphatic rings. The van der Waals surface area contributed by atoms with Crippen molar-refractivity contribution in [1.29, 1.82) is 0 Å². The van der Waals surface area contributed by atoms with E-state index in [0.717, 1.165) is 35.3 Å². The van der Waals surface area contributed by atoms with Crippen LogP contribution in [0.1, 0.15) is 26.7 Å². The van der Waals surface area contributed by atoms with Gasteiger partial charge in [-0.15, -0.1) is 0 Å². The van der Waals surface area contributed by atoms with Crippen LogP contribution >= 0.6 is 0 Å². The number of amides is 3. The van der Waals surface area contributed by atoms with Crippen molar-refractivity contribution in [2.45, 2.75) is 39.3 Å². The smallest absolute Gasteiger partial charge is 0.244 e. The highest BCUT2D eigenvalue weighted by molar-refractivity contribution is 6.06. The third-order valence-corrected chi connectivity index (χ3v) is 6.57. The van der Waals surface area contributed by atoms with Crippen molar-refractivity contribution < 1.29 is 19.1 Å². The van der Waals surface area contributed by atoms with Gasteiger partial charge in [-0.3, -0.25) is 19.1 Å². The molecule has 9 nitrogen and oxygen atoms in total. The number of ether oxygens (including phenoxy) is 1. The summed E-state index contributed by atoms with van der Waals surface area (Å²) in [7, 11) is 0. The van der Waals surface area contributed by atoms with Crippen LogP contribution in [-0.2, 0) is 25.7 Å². The molecular formula is C24H29N5O4. The summed E-state index contributed by atoms with van der Waals surface area (Å²) in [5, 5.41) is 4.38. The number of morpholine rings is 1. The van der Waals surface area contributed by atoms with Gasteiger partial charge in [-0.2, -0.15) is 5.10 Å². The van der Waals surface area contributed by atoms with E-state index in [-0.39, 0.29) is 36.2 Å². The van der Waals surface area contributed by atoms with Gasteiger partial charge in [0.1, 0.15) is 6.54 Å². The lowest BCUT2D eigenvalue weighted by Crippen LogP contribution is -2.51. The second-order valence-corrected chi connectivity index (χ2v) is 9.08. The summed E-state index contributed by atoms with van der Waals surface area (Å²) in [6.45, 7) is 6.53. The Kier molecular flexibility index (Phi) is 5.65. The Labute approximate surface area is 192 Å². The number of fused-ring (bicyclic) bond motifs is 1. The Morgan fingerprint density at radius 2 is 1.85 bits per heavy atom. The molecule has 174 valence electrons. The van der Waals surface area contributed by atoms with E-state index in [1.807, 2.05) is 36.2 Å². The summed E-state index contributed by atoms with van der Waals surface area (Å²) in [6, 6.07) is 5.73. The minimum absolute atomic E-state index is 0.0192. The zero-order valence-corrected chi connectivity index (χ0v) is 19.1. The maximum Gasteiger partial charge on any atom is 0.244 e. The largest absolute Gasteiger partial charge is 0.378 e. The molecule has 2 aromatic rings. The van der Waals surface area contributed by atoms with Gasteiger partial charge >= 0.3 is 0 Å². The minimum Gasteiger partial charge on any atom is -0.378 e. The number of carbonyl (C=O) groups is 3. The number of rotatable bonds is 4. The molecule has 0 spiro atoms. The second-order valence-electron chi connectivity index (χ2n) is 9.08. The maximum absolute atomic E-state index is 13.0. The van der Waals surface area contributed by atoms with E-state index in [2.05, 4.69) is 5.10 Å². The van der Waals surface area contributed by atoms with Crippen molar-refractivity contribution in [3.63, 3.8) is 0 Å². The zero-order valence-electron chi connectivity index (χ0n) is 19.1. The van der Waals surface area contributed by atoms with Crippen LogP contribution in [-0.4, -0.2) is 71.3 Å². The average molecular weight is 452 g/mol. The molecule has 1 unspecified atom stereocenters. The lowest BCUT2D eigenvalue weighted by molar-refractivity contribution is -0.136. The highest BCUT2D eigenvalue weighted by atomic mass is 16.5. The molecule has 0 N–H and O–H groups in total. The van der Waals surface area contributed by atoms with Crippen LogP contribution in [0.4, 0.5) is 11.4 Å². The fraction of sp³-hybridized carbons (Fsp3) is 0.500. The van der Waals surface area contributed by atoms with Crippen LogP contribution < -0.4 is 9.80 Å². The average Bonchev–Trinajstić information content (AvgIpc) is 3.56. The molecule has 3 amide bonds. The molecule has 9 heteroatoms. The van der Waals surface area contributed by atoms with E-state index in [4.69, 9.17) is 4.74 Å². The number of nitrogens with zero attached hydrogens (tertiary/aromatic N) is 5. The quantitative estimate of drug-likeness (QED) is 0.709. The van der Waals surface area contributed by atoms with Gasteiger partial charge in [0.25, 0.3) is 0 Å². The number of aromatic nitrogens is 2. The first-order valence-electron chi connectivity index (χ1n) is 11.6. The monoisotopic (exact) mass is 451 g/mol. The summed E-state index contributed by atoms with van der Waals surface area (Å²) < 4.78 is 6.95. The summed E-state index contributed by atoms with van der Waals surface area (Å²) >= 11 is 0. The van der Waals surface area contributed by atoms with Crippen LogP contribution in [0.2, 0.25) is 0 Å². The van der Waals surface area contributed by atoms with E-state index in [1.54, 1.807) is 27.6 Å². The van der Waals surface area contributed by atoms with Crippen LogP contribution in [0.5, 0.6) is 0 Å². The van der Waals surface area contributed by atoms with Gasteiger partial charge in [-0.25, -0.2) is 0 Å². The highest BCUT2D eigenvalue weighted by Gasteiger charge is 2.39. The predicted octanol–water partition coefficient (Wildman–Crippen LogP) is 1.91. The first-order chi connectivity index (χ1) is 15.9. The summed E-state index contributed by atoms with van der Waals surface area (Å²) in [4.78, 5) is 43.3. The number of hydrogen-bond donors (Lipinski definition) is 0. The topological polar surface area (TPSA) is 88.0 Å². The number of hydrogen-bond acceptors (Lipinski definition) is 5. The molecule has 2 fully saturated rings. The first-order valence-corrected chi connectivity index (χ1v) is 11.6. The van der Waals surface area contributed by atoms with E-state index in [9.17, 15) is 14.4 Å². The Morgan fingerprint density at radius 1 is 1.09 bits per heavy atom. The Morgan fingerprint density at radius 3 is 2.55 bits per heavy atom. The van der Waals surface area contributed by atoms with Gasteiger partial charge in [0.2, 0.25) is 17.7 Å². The van der Waals surface area contributed by atoms with Gasteiger partial charge in [0.15, 0.2) is 0 Å². The summed E-state index contributed by atoms with van der Waals surface area (Å²) in [5.41, 5.74) is 3.27. The number of anilines is 2. The van der Waals surface area contributed by atoms with Gasteiger partial charge < -0.3 is 19.4 Å². The second kappa shape index (κ2) is 8.62. The molecule has 3 heterocycles. The fourth-order valence-corrected chi connectivity index (χ4v) is 4.69. The highest BCUT2D eigenvalue weighted by Crippen LogP contribution is 2.42. The van der Waals surface area contributed by atoms with Crippen molar-refractivity contribution >= 4 is 29.1 Å². The molecule has 1 atom stereocenters. The standard InChI is InChI=1S/C24H29N5O4/c1-16-13-28(24(32)18-3-4-18)22-11-19(5-6-21(22)29(16)17(2)30)20-12-25-27(14-20)15-23(31)26-7-9-33-10-8-26/h5-6,11-12,14,16,18H,3-4,7-10,13,15H2,1-2H3. The van der Waals surface area contributed by atoms with Crippen molar-refractivity contribution in [1.82, 2.24) is 14.7 Å². The lowest BCUT2D eigenvalue weighted by atomic mass is 10.0. The maximum atomic E-state index is 13.0. The normalized spacial score (nSPS) is 20.5. The molecule has 2 aliphatic heterocycles. The molecule has 0 radical (unpaired) electrons. The van der Waals surface area contributed by atoms with E-state index < -0.39 is 0 Å². The van der Waals surface area contributed by atoms with Crippen molar-refractivity contribution in [2.24, 2.45) is 5.92 Å². The molecular weight excluding hydrogens is 422 g/mol. The number of carbonyl (C=O) groups excluding carboxylic acids is 3. The van der Waals surface area contributed by atoms with Crippen molar-refractivity contribution in [2.75, 3.05) is 42.6 Å². The molecule has 1 saturated carbocycles. The van der Waals surface area contributed by atoms with Gasteiger partial charge in [0, 0.05) is 44.2 Å². The SMILES string of the molecule is CC(=O)N1c2ccc(-c3cnn(CC(=O)N4CCOCC4)c3)cc2N(C(=O)C2CC2)CC1C. The van der Waals surface area contributed by atoms with Crippen LogP contribution in [0.3, 0.4) is 0 Å². The molecule has 1 aromatic carbocycles. The molecule has 33 heavy (non-hydrogen) atoms. The van der Waals surface area contributed by atoms with E-state index in [0.29, 0.717) is 32.8 Å². The van der Waals surface area contributed by atoms with Crippen LogP contribution in [0, 0.1) is 5.92 Å². The van der Waals surface area contributed by atoms with E-state index >= 15 is 0 Å². The predicted molar refractivity (Wildman–Crippen MR) is 123 cm³/mol. The fourth-order valence-electron chi connectivity index (χ4n) is 4.69. The van der Waals surface area contributed by atoms with Crippen molar-refractivity contribution in [3.05, 3.63) is 30.6 Å². The van der Waals surface area contributed by atoms with Crippen LogP contribution in [0.15, 0.2) is 30.6 Å². The number of benzene rings is 1. The molecule has 1 saturated heterocycles. The Balaban J connectivity index is 1.42. The lowest BCUT2D eigenvalue weighted by Gasteiger charge is -2.41. The summed E-state index contributed by atoms with van der Waals surface area (Å²) in [5.74, 6) is 0.205. The van der Waals surface area contributed by atoms with Gasteiger partial charge in [-0.1, -0.05) is 6.07 Å². The van der Waals surface area contributed by atoms with E-state index in [1.165, 1.54) is 0 Å². The van der Waals surface area contributed by atoms with Gasteiger partial charge in [0.05, 0.1) is 36.8 Å². The third-order valence-electron chi connectivity index (χ3n) is 6.57. The first kappa shape index (κ1) is 21.6. The molecule has 1 aliphatic carbocycles. The third kappa shape index (κ3) is 4.25. The Hall–Kier alpha value is -3.20. The summed E-state index contributed by atoms with van der Waals surface area (Å²) in [6.07, 6.45) is 5.44. The van der Waals surface area contributed by atoms with Gasteiger partial charge in [-0.05, 0) is 37.5 Å². The Bertz CT molecular complexity index is 1090. The molecule has 5 rings (SSSR count). The van der Waals surface area contributed by atoms with Crippen LogP contribution in [0.25, 0.3) is 11.1 Å². The minimum atomic E-state index is -0.0856. The molecule has 1 aromatic heterocycles. The zero-order chi connectivity index (χ0) is 23.1.